The molecule has 0 saturated heterocycles. The zero-order valence-electron chi connectivity index (χ0n) is 9.53. The van der Waals surface area contributed by atoms with Crippen LogP contribution in [0.25, 0.3) is 0 Å². The van der Waals surface area contributed by atoms with Gasteiger partial charge in [0.15, 0.2) is 0 Å². The Morgan fingerprint density at radius 2 is 2.00 bits per heavy atom. The SMILES string of the molecule is C=C(OCc1ccccc1)C1(C(C)=O)CC1. The highest BCUT2D eigenvalue weighted by Gasteiger charge is 2.51. The maximum atomic E-state index is 11.4. The number of ether oxygens (including phenoxy) is 1. The lowest BCUT2D eigenvalue weighted by molar-refractivity contribution is -0.122. The van der Waals surface area contributed by atoms with E-state index in [-0.39, 0.29) is 11.2 Å². The van der Waals surface area contributed by atoms with Gasteiger partial charge in [0.2, 0.25) is 0 Å². The van der Waals surface area contributed by atoms with Gasteiger partial charge in [-0.2, -0.15) is 0 Å². The second-order valence-corrected chi connectivity index (χ2v) is 4.34. The molecular formula is C14H16O2. The molecule has 1 saturated carbocycles. The Morgan fingerprint density at radius 3 is 2.50 bits per heavy atom. The number of Topliss-reactive ketones (excluding diaryl/α,β-unsaturated/α-hetero) is 1. The topological polar surface area (TPSA) is 26.3 Å². The Bertz CT molecular complexity index is 402. The molecule has 1 fully saturated rings. The van der Waals surface area contributed by atoms with Gasteiger partial charge in [0.05, 0.1) is 5.41 Å². The summed E-state index contributed by atoms with van der Waals surface area (Å²) in [6, 6.07) is 9.91. The minimum Gasteiger partial charge on any atom is -0.493 e. The highest BCUT2D eigenvalue weighted by molar-refractivity contribution is 5.87. The highest BCUT2D eigenvalue weighted by Crippen LogP contribution is 2.52. The van der Waals surface area contributed by atoms with Gasteiger partial charge in [-0.1, -0.05) is 36.9 Å². The van der Waals surface area contributed by atoms with E-state index in [9.17, 15) is 4.79 Å². The van der Waals surface area contributed by atoms with Crippen LogP contribution in [0.15, 0.2) is 42.7 Å². The van der Waals surface area contributed by atoms with E-state index in [0.29, 0.717) is 12.4 Å². The van der Waals surface area contributed by atoms with Crippen molar-refractivity contribution >= 4 is 5.78 Å². The molecule has 0 amide bonds. The Balaban J connectivity index is 1.92. The molecule has 0 radical (unpaired) electrons. The van der Waals surface area contributed by atoms with Crippen molar-refractivity contribution in [3.8, 4) is 0 Å². The molecule has 2 nitrogen and oxygen atoms in total. The van der Waals surface area contributed by atoms with Crippen LogP contribution in [0.1, 0.15) is 25.3 Å². The summed E-state index contributed by atoms with van der Waals surface area (Å²) in [5, 5.41) is 0. The zero-order valence-corrected chi connectivity index (χ0v) is 9.53. The molecule has 0 aliphatic heterocycles. The fraction of sp³-hybridized carbons (Fsp3) is 0.357. The third kappa shape index (κ3) is 2.01. The zero-order chi connectivity index (χ0) is 11.6. The van der Waals surface area contributed by atoms with Crippen LogP contribution in [0.2, 0.25) is 0 Å². The summed E-state index contributed by atoms with van der Waals surface area (Å²) < 4.78 is 5.60. The first-order valence-electron chi connectivity index (χ1n) is 5.52. The van der Waals surface area contributed by atoms with Crippen LogP contribution < -0.4 is 0 Å². The molecule has 16 heavy (non-hydrogen) atoms. The molecule has 84 valence electrons. The van der Waals surface area contributed by atoms with Crippen molar-refractivity contribution < 1.29 is 9.53 Å². The van der Waals surface area contributed by atoms with E-state index >= 15 is 0 Å². The maximum absolute atomic E-state index is 11.4. The molecule has 0 unspecified atom stereocenters. The van der Waals surface area contributed by atoms with Gasteiger partial charge < -0.3 is 4.74 Å². The van der Waals surface area contributed by atoms with Gasteiger partial charge >= 0.3 is 0 Å². The van der Waals surface area contributed by atoms with E-state index in [2.05, 4.69) is 6.58 Å². The molecule has 0 spiro atoms. The summed E-state index contributed by atoms with van der Waals surface area (Å²) in [5.41, 5.74) is 0.734. The van der Waals surface area contributed by atoms with Gasteiger partial charge in [0.25, 0.3) is 0 Å². The number of carbonyl (C=O) groups excluding carboxylic acids is 1. The summed E-state index contributed by atoms with van der Waals surface area (Å²) in [7, 11) is 0. The lowest BCUT2D eigenvalue weighted by Crippen LogP contribution is -2.16. The van der Waals surface area contributed by atoms with Gasteiger partial charge in [-0.3, -0.25) is 4.79 Å². The molecule has 1 aliphatic carbocycles. The van der Waals surface area contributed by atoms with Crippen molar-refractivity contribution in [2.75, 3.05) is 0 Å². The quantitative estimate of drug-likeness (QED) is 0.707. The first-order chi connectivity index (χ1) is 7.65. The van der Waals surface area contributed by atoms with Gasteiger partial charge in [-0.05, 0) is 25.3 Å². The Morgan fingerprint density at radius 1 is 1.38 bits per heavy atom. The fourth-order valence-corrected chi connectivity index (χ4v) is 1.84. The third-order valence-electron chi connectivity index (χ3n) is 3.21. The van der Waals surface area contributed by atoms with Crippen molar-refractivity contribution in [1.29, 1.82) is 0 Å². The fourth-order valence-electron chi connectivity index (χ4n) is 1.84. The van der Waals surface area contributed by atoms with E-state index in [0.717, 1.165) is 18.4 Å². The molecule has 2 heteroatoms. The molecule has 0 atom stereocenters. The number of allylic oxidation sites excluding steroid dienone is 1. The van der Waals surface area contributed by atoms with Crippen LogP contribution in [0.3, 0.4) is 0 Å². The van der Waals surface area contributed by atoms with Crippen LogP contribution in [-0.4, -0.2) is 5.78 Å². The number of carbonyl (C=O) groups is 1. The van der Waals surface area contributed by atoms with Crippen LogP contribution >= 0.6 is 0 Å². The Labute approximate surface area is 95.9 Å². The summed E-state index contributed by atoms with van der Waals surface area (Å²) >= 11 is 0. The number of rotatable bonds is 5. The van der Waals surface area contributed by atoms with Gasteiger partial charge in [0, 0.05) is 0 Å². The summed E-state index contributed by atoms with van der Waals surface area (Å²) in [5.74, 6) is 0.800. The van der Waals surface area contributed by atoms with Gasteiger partial charge in [0.1, 0.15) is 18.1 Å². The van der Waals surface area contributed by atoms with Crippen LogP contribution in [0.4, 0.5) is 0 Å². The van der Waals surface area contributed by atoms with Crippen molar-refractivity contribution in [3.63, 3.8) is 0 Å². The minimum atomic E-state index is -0.366. The van der Waals surface area contributed by atoms with Gasteiger partial charge in [-0.25, -0.2) is 0 Å². The molecule has 1 aliphatic rings. The Hall–Kier alpha value is -1.57. The molecule has 0 bridgehead atoms. The molecular weight excluding hydrogens is 200 g/mol. The van der Waals surface area contributed by atoms with E-state index < -0.39 is 0 Å². The average Bonchev–Trinajstić information content (AvgIpc) is 3.08. The van der Waals surface area contributed by atoms with Crippen molar-refractivity contribution in [1.82, 2.24) is 0 Å². The molecule has 1 aromatic rings. The molecule has 0 aromatic heterocycles. The smallest absolute Gasteiger partial charge is 0.143 e. The number of hydrogen-bond acceptors (Lipinski definition) is 2. The molecule has 2 rings (SSSR count). The number of benzene rings is 1. The average molecular weight is 216 g/mol. The van der Waals surface area contributed by atoms with Gasteiger partial charge in [-0.15, -0.1) is 0 Å². The van der Waals surface area contributed by atoms with Crippen molar-refractivity contribution in [2.45, 2.75) is 26.4 Å². The first-order valence-corrected chi connectivity index (χ1v) is 5.52. The minimum absolute atomic E-state index is 0.172. The highest BCUT2D eigenvalue weighted by atomic mass is 16.5. The summed E-state index contributed by atoms with van der Waals surface area (Å²) in [4.78, 5) is 11.4. The van der Waals surface area contributed by atoms with E-state index in [1.165, 1.54) is 0 Å². The summed E-state index contributed by atoms with van der Waals surface area (Å²) in [6.07, 6.45) is 1.77. The molecule has 0 N–H and O–H groups in total. The van der Waals surface area contributed by atoms with Crippen LogP contribution in [0.5, 0.6) is 0 Å². The maximum Gasteiger partial charge on any atom is 0.143 e. The normalized spacial score (nSPS) is 16.6. The largest absolute Gasteiger partial charge is 0.493 e. The lowest BCUT2D eigenvalue weighted by Gasteiger charge is -2.16. The van der Waals surface area contributed by atoms with Crippen molar-refractivity contribution in [2.24, 2.45) is 5.41 Å². The number of ketones is 1. The molecule has 1 aromatic carbocycles. The van der Waals surface area contributed by atoms with Crippen LogP contribution in [0, 0.1) is 5.41 Å². The summed E-state index contributed by atoms with van der Waals surface area (Å²) in [6.45, 7) is 5.99. The van der Waals surface area contributed by atoms with E-state index in [4.69, 9.17) is 4.74 Å². The predicted molar refractivity (Wildman–Crippen MR) is 62.7 cm³/mol. The lowest BCUT2D eigenvalue weighted by atomic mass is 10.0. The molecule has 0 heterocycles. The standard InChI is InChI=1S/C14H16O2/c1-11(15)14(8-9-14)12(2)16-10-13-6-4-3-5-7-13/h3-7H,2,8-10H2,1H3. The Kier molecular flexibility index (Phi) is 2.82. The second-order valence-electron chi connectivity index (χ2n) is 4.34. The van der Waals surface area contributed by atoms with Crippen LogP contribution in [-0.2, 0) is 16.1 Å². The predicted octanol–water partition coefficient (Wildman–Crippen LogP) is 3.09. The van der Waals surface area contributed by atoms with E-state index in [1.807, 2.05) is 30.3 Å². The van der Waals surface area contributed by atoms with Crippen molar-refractivity contribution in [3.05, 3.63) is 48.2 Å². The second kappa shape index (κ2) is 4.12. The number of hydrogen-bond donors (Lipinski definition) is 0. The first kappa shape index (κ1) is 10.9. The third-order valence-corrected chi connectivity index (χ3v) is 3.21. The monoisotopic (exact) mass is 216 g/mol. The van der Waals surface area contributed by atoms with E-state index in [1.54, 1.807) is 6.92 Å².